The molecule has 0 radical (unpaired) electrons. The highest BCUT2D eigenvalue weighted by Crippen LogP contribution is 2.27. The number of aryl methyl sites for hydroxylation is 1. The van der Waals surface area contributed by atoms with Crippen LogP contribution in [0.3, 0.4) is 0 Å². The predicted molar refractivity (Wildman–Crippen MR) is 94.5 cm³/mol. The number of nitrogens with one attached hydrogen (secondary N) is 1. The van der Waals surface area contributed by atoms with Gasteiger partial charge in [-0.15, -0.1) is 0 Å². The molecule has 3 rings (SSSR count). The number of hydrogen-bond donors (Lipinski definition) is 1. The molecule has 7 nitrogen and oxygen atoms in total. The van der Waals surface area contributed by atoms with E-state index in [2.05, 4.69) is 25.3 Å². The molecule has 0 saturated heterocycles. The van der Waals surface area contributed by atoms with Gasteiger partial charge < -0.3 is 15.0 Å². The van der Waals surface area contributed by atoms with Gasteiger partial charge in [-0.2, -0.15) is 0 Å². The summed E-state index contributed by atoms with van der Waals surface area (Å²) < 4.78 is 18.9. The number of benzene rings is 1. The van der Waals surface area contributed by atoms with Crippen LogP contribution in [-0.4, -0.2) is 41.1 Å². The largest absolute Gasteiger partial charge is 0.494 e. The minimum absolute atomic E-state index is 0.151. The summed E-state index contributed by atoms with van der Waals surface area (Å²) in [4.78, 5) is 19.1. The molecule has 0 spiro atoms. The van der Waals surface area contributed by atoms with Crippen LogP contribution in [0.25, 0.3) is 10.9 Å². The first kappa shape index (κ1) is 16.8. The maximum Gasteiger partial charge on any atom is 0.225 e. The van der Waals surface area contributed by atoms with E-state index in [0.717, 1.165) is 11.4 Å². The van der Waals surface area contributed by atoms with Gasteiger partial charge in [0.1, 0.15) is 12.1 Å². The van der Waals surface area contributed by atoms with Gasteiger partial charge in [-0.05, 0) is 19.1 Å². The molecule has 2 aromatic heterocycles. The van der Waals surface area contributed by atoms with Gasteiger partial charge in [0, 0.05) is 31.2 Å². The Morgan fingerprint density at radius 1 is 1.16 bits per heavy atom. The van der Waals surface area contributed by atoms with Gasteiger partial charge in [-0.3, -0.25) is 0 Å². The van der Waals surface area contributed by atoms with Gasteiger partial charge in [0.2, 0.25) is 5.95 Å². The van der Waals surface area contributed by atoms with E-state index in [9.17, 15) is 4.39 Å². The quantitative estimate of drug-likeness (QED) is 0.763. The van der Waals surface area contributed by atoms with Gasteiger partial charge in [0.15, 0.2) is 11.6 Å². The average Bonchev–Trinajstić information content (AvgIpc) is 2.58. The zero-order chi connectivity index (χ0) is 18.0. The minimum atomic E-state index is -0.457. The number of anilines is 2. The SMILES string of the molecule is COc1cc2c(NCc3cc(C)nc(N(C)C)n3)ncnc2cc1F. The van der Waals surface area contributed by atoms with E-state index in [-0.39, 0.29) is 5.75 Å². The first-order valence-corrected chi connectivity index (χ1v) is 7.72. The van der Waals surface area contributed by atoms with Crippen molar-refractivity contribution in [1.29, 1.82) is 0 Å². The number of halogens is 1. The van der Waals surface area contributed by atoms with Crippen molar-refractivity contribution in [3.05, 3.63) is 41.7 Å². The highest BCUT2D eigenvalue weighted by molar-refractivity contribution is 5.90. The standard InChI is InChI=1S/C17H19FN6O/c1-10-5-11(23-17(22-10)24(2)3)8-19-16-12-6-15(25-4)13(18)7-14(12)20-9-21-16/h5-7,9H,8H2,1-4H3,(H,19,20,21). The Bertz CT molecular complexity index is 915. The summed E-state index contributed by atoms with van der Waals surface area (Å²) in [5, 5.41) is 3.91. The van der Waals surface area contributed by atoms with Crippen molar-refractivity contribution >= 4 is 22.7 Å². The van der Waals surface area contributed by atoms with Crippen molar-refractivity contribution in [2.45, 2.75) is 13.5 Å². The predicted octanol–water partition coefficient (Wildman–Crippen LogP) is 2.55. The average molecular weight is 342 g/mol. The van der Waals surface area contributed by atoms with Crippen LogP contribution in [0, 0.1) is 12.7 Å². The Labute approximate surface area is 144 Å². The number of rotatable bonds is 5. The number of hydrogen-bond acceptors (Lipinski definition) is 7. The molecule has 0 fully saturated rings. The molecule has 0 saturated carbocycles. The van der Waals surface area contributed by atoms with Crippen LogP contribution >= 0.6 is 0 Å². The van der Waals surface area contributed by atoms with Crippen LogP contribution in [0.1, 0.15) is 11.4 Å². The minimum Gasteiger partial charge on any atom is -0.494 e. The number of methoxy groups -OCH3 is 1. The topological polar surface area (TPSA) is 76.1 Å². The van der Waals surface area contributed by atoms with Crippen molar-refractivity contribution in [2.24, 2.45) is 0 Å². The molecule has 130 valence electrons. The molecule has 1 N–H and O–H groups in total. The van der Waals surface area contributed by atoms with E-state index in [0.29, 0.717) is 29.2 Å². The normalized spacial score (nSPS) is 10.8. The maximum atomic E-state index is 13.8. The molecule has 0 unspecified atom stereocenters. The second kappa shape index (κ2) is 6.84. The Hall–Kier alpha value is -3.03. The van der Waals surface area contributed by atoms with E-state index in [1.54, 1.807) is 6.07 Å². The summed E-state index contributed by atoms with van der Waals surface area (Å²) in [6, 6.07) is 4.83. The highest BCUT2D eigenvalue weighted by Gasteiger charge is 2.11. The molecular weight excluding hydrogens is 323 g/mol. The van der Waals surface area contributed by atoms with Crippen LogP contribution in [-0.2, 0) is 6.54 Å². The third-order valence-electron chi connectivity index (χ3n) is 3.64. The van der Waals surface area contributed by atoms with Crippen molar-refractivity contribution in [3.8, 4) is 5.75 Å². The van der Waals surface area contributed by atoms with E-state index in [1.165, 1.54) is 19.5 Å². The van der Waals surface area contributed by atoms with Crippen molar-refractivity contribution in [2.75, 3.05) is 31.4 Å². The second-order valence-electron chi connectivity index (χ2n) is 5.77. The molecule has 0 amide bonds. The number of fused-ring (bicyclic) bond motifs is 1. The summed E-state index contributed by atoms with van der Waals surface area (Å²) in [6.07, 6.45) is 1.40. The second-order valence-corrected chi connectivity index (χ2v) is 5.77. The fraction of sp³-hybridized carbons (Fsp3) is 0.294. The molecule has 8 heteroatoms. The van der Waals surface area contributed by atoms with Crippen LogP contribution in [0.2, 0.25) is 0 Å². The molecule has 0 aliphatic heterocycles. The summed E-state index contributed by atoms with van der Waals surface area (Å²) in [6.45, 7) is 2.38. The number of aromatic nitrogens is 4. The summed E-state index contributed by atoms with van der Waals surface area (Å²) in [5.41, 5.74) is 2.22. The van der Waals surface area contributed by atoms with Gasteiger partial charge in [-0.25, -0.2) is 24.3 Å². The first-order chi connectivity index (χ1) is 12.0. The zero-order valence-electron chi connectivity index (χ0n) is 14.5. The molecule has 0 aliphatic carbocycles. The Kier molecular flexibility index (Phi) is 4.60. The smallest absolute Gasteiger partial charge is 0.225 e. The third-order valence-corrected chi connectivity index (χ3v) is 3.64. The third kappa shape index (κ3) is 3.57. The number of nitrogens with zero attached hydrogens (tertiary/aromatic N) is 5. The molecule has 0 atom stereocenters. The van der Waals surface area contributed by atoms with Crippen molar-refractivity contribution < 1.29 is 9.13 Å². The molecule has 0 aliphatic rings. The van der Waals surface area contributed by atoms with Crippen LogP contribution < -0.4 is 15.0 Å². The van der Waals surface area contributed by atoms with Crippen molar-refractivity contribution in [3.63, 3.8) is 0 Å². The fourth-order valence-corrected chi connectivity index (χ4v) is 2.44. The lowest BCUT2D eigenvalue weighted by molar-refractivity contribution is 0.387. The Morgan fingerprint density at radius 3 is 2.68 bits per heavy atom. The summed E-state index contributed by atoms with van der Waals surface area (Å²) in [5.74, 6) is 0.930. The van der Waals surface area contributed by atoms with Gasteiger partial charge in [0.05, 0.1) is 24.9 Å². The van der Waals surface area contributed by atoms with E-state index < -0.39 is 5.82 Å². The van der Waals surface area contributed by atoms with Crippen LogP contribution in [0.15, 0.2) is 24.5 Å². The molecule has 0 bridgehead atoms. The Balaban J connectivity index is 1.91. The number of ether oxygens (including phenoxy) is 1. The Morgan fingerprint density at radius 2 is 1.96 bits per heavy atom. The van der Waals surface area contributed by atoms with Gasteiger partial charge in [-0.1, -0.05) is 0 Å². The van der Waals surface area contributed by atoms with Crippen molar-refractivity contribution in [1.82, 2.24) is 19.9 Å². The lowest BCUT2D eigenvalue weighted by Crippen LogP contribution is -2.15. The van der Waals surface area contributed by atoms with E-state index in [4.69, 9.17) is 4.74 Å². The van der Waals surface area contributed by atoms with Gasteiger partial charge in [0.25, 0.3) is 0 Å². The summed E-state index contributed by atoms with van der Waals surface area (Å²) in [7, 11) is 5.21. The molecular formula is C17H19FN6O. The molecule has 25 heavy (non-hydrogen) atoms. The molecule has 1 aromatic carbocycles. The van der Waals surface area contributed by atoms with Crippen LogP contribution in [0.4, 0.5) is 16.2 Å². The van der Waals surface area contributed by atoms with Gasteiger partial charge >= 0.3 is 0 Å². The highest BCUT2D eigenvalue weighted by atomic mass is 19.1. The monoisotopic (exact) mass is 342 g/mol. The van der Waals surface area contributed by atoms with Crippen LogP contribution in [0.5, 0.6) is 5.75 Å². The first-order valence-electron chi connectivity index (χ1n) is 7.72. The fourth-order valence-electron chi connectivity index (χ4n) is 2.44. The van der Waals surface area contributed by atoms with E-state index in [1.807, 2.05) is 32.0 Å². The lowest BCUT2D eigenvalue weighted by atomic mass is 10.2. The zero-order valence-corrected chi connectivity index (χ0v) is 14.5. The maximum absolute atomic E-state index is 13.8. The molecule has 2 heterocycles. The summed E-state index contributed by atoms with van der Waals surface area (Å²) >= 11 is 0. The molecule has 3 aromatic rings. The lowest BCUT2D eigenvalue weighted by Gasteiger charge is -2.13. The van der Waals surface area contributed by atoms with E-state index >= 15 is 0 Å².